The smallest absolute Gasteiger partial charge is 0.126 e. The Morgan fingerprint density at radius 1 is 1.29 bits per heavy atom. The first-order valence-electron chi connectivity index (χ1n) is 6.78. The molecule has 94 valence electrons. The minimum Gasteiger partial charge on any atom is -0.366 e. The Morgan fingerprint density at radius 2 is 2.12 bits per heavy atom. The quantitative estimate of drug-likeness (QED) is 0.847. The summed E-state index contributed by atoms with van der Waals surface area (Å²) >= 11 is 0. The first-order valence-corrected chi connectivity index (χ1v) is 6.78. The Labute approximate surface area is 104 Å². The topological polar surface area (TPSA) is 28.2 Å². The summed E-state index contributed by atoms with van der Waals surface area (Å²) in [5.41, 5.74) is 0. The molecule has 2 heterocycles. The molecule has 0 aromatic carbocycles. The predicted molar refractivity (Wildman–Crippen MR) is 72.2 cm³/mol. The van der Waals surface area contributed by atoms with Crippen molar-refractivity contribution in [1.82, 2.24) is 9.88 Å². The highest BCUT2D eigenvalue weighted by Crippen LogP contribution is 2.12. The number of nitrogens with one attached hydrogen (secondary N) is 1. The van der Waals surface area contributed by atoms with Gasteiger partial charge in [-0.2, -0.15) is 0 Å². The first kappa shape index (κ1) is 12.4. The molecule has 3 nitrogen and oxygen atoms in total. The van der Waals surface area contributed by atoms with Crippen molar-refractivity contribution >= 4 is 5.82 Å². The molecule has 1 unspecified atom stereocenters. The molecule has 1 aromatic heterocycles. The number of rotatable bonds is 5. The molecular weight excluding hydrogens is 210 g/mol. The second kappa shape index (κ2) is 6.60. The largest absolute Gasteiger partial charge is 0.366 e. The number of piperidine rings is 1. The van der Waals surface area contributed by atoms with E-state index in [2.05, 4.69) is 22.1 Å². The molecule has 1 aliphatic heterocycles. The van der Waals surface area contributed by atoms with E-state index in [0.29, 0.717) is 6.04 Å². The van der Waals surface area contributed by atoms with E-state index in [0.717, 1.165) is 18.8 Å². The Hall–Kier alpha value is -1.09. The highest BCUT2D eigenvalue weighted by atomic mass is 15.2. The van der Waals surface area contributed by atoms with Crippen molar-refractivity contribution in [1.29, 1.82) is 0 Å². The number of anilines is 1. The van der Waals surface area contributed by atoms with Crippen LogP contribution in [0.2, 0.25) is 0 Å². The molecule has 0 aliphatic carbocycles. The minimum absolute atomic E-state index is 0.517. The van der Waals surface area contributed by atoms with E-state index in [9.17, 15) is 0 Å². The molecule has 0 bridgehead atoms. The lowest BCUT2D eigenvalue weighted by atomic mass is 10.1. The van der Waals surface area contributed by atoms with Gasteiger partial charge >= 0.3 is 0 Å². The van der Waals surface area contributed by atoms with Crippen LogP contribution in [0.5, 0.6) is 0 Å². The molecule has 1 aromatic rings. The van der Waals surface area contributed by atoms with Gasteiger partial charge in [-0.05, 0) is 44.5 Å². The van der Waals surface area contributed by atoms with Crippen molar-refractivity contribution in [3.8, 4) is 0 Å². The van der Waals surface area contributed by atoms with Gasteiger partial charge < -0.3 is 10.2 Å². The lowest BCUT2D eigenvalue weighted by Crippen LogP contribution is -2.39. The highest BCUT2D eigenvalue weighted by Gasteiger charge is 2.15. The summed E-state index contributed by atoms with van der Waals surface area (Å²) in [7, 11) is 0. The van der Waals surface area contributed by atoms with Gasteiger partial charge in [-0.3, -0.25) is 0 Å². The van der Waals surface area contributed by atoms with Crippen LogP contribution in [0.25, 0.3) is 0 Å². The SMILES string of the molecule is CCC(CN1CCCCC1)Nc1ccccn1. The van der Waals surface area contributed by atoms with Gasteiger partial charge in [0.05, 0.1) is 0 Å². The van der Waals surface area contributed by atoms with Crippen LogP contribution in [0.4, 0.5) is 5.82 Å². The van der Waals surface area contributed by atoms with Crippen molar-refractivity contribution in [2.24, 2.45) is 0 Å². The van der Waals surface area contributed by atoms with Crippen LogP contribution in [0.1, 0.15) is 32.6 Å². The predicted octanol–water partition coefficient (Wildman–Crippen LogP) is 2.76. The summed E-state index contributed by atoms with van der Waals surface area (Å²) in [6, 6.07) is 6.54. The van der Waals surface area contributed by atoms with E-state index >= 15 is 0 Å². The molecule has 1 atom stereocenters. The van der Waals surface area contributed by atoms with Gasteiger partial charge in [0.15, 0.2) is 0 Å². The fourth-order valence-electron chi connectivity index (χ4n) is 2.39. The van der Waals surface area contributed by atoms with Gasteiger partial charge in [0.2, 0.25) is 0 Å². The van der Waals surface area contributed by atoms with Gasteiger partial charge in [-0.1, -0.05) is 19.4 Å². The number of pyridine rings is 1. The van der Waals surface area contributed by atoms with Crippen LogP contribution < -0.4 is 5.32 Å². The van der Waals surface area contributed by atoms with E-state index < -0.39 is 0 Å². The lowest BCUT2D eigenvalue weighted by molar-refractivity contribution is 0.218. The third kappa shape index (κ3) is 4.00. The molecule has 1 aliphatic rings. The van der Waals surface area contributed by atoms with Crippen LogP contribution in [-0.2, 0) is 0 Å². The second-order valence-corrected chi connectivity index (χ2v) is 4.83. The number of likely N-dealkylation sites (tertiary alicyclic amines) is 1. The molecule has 0 radical (unpaired) electrons. The maximum atomic E-state index is 4.33. The number of hydrogen-bond acceptors (Lipinski definition) is 3. The fraction of sp³-hybridized carbons (Fsp3) is 0.643. The van der Waals surface area contributed by atoms with Gasteiger partial charge in [0.1, 0.15) is 5.82 Å². The average Bonchev–Trinajstić information content (AvgIpc) is 2.40. The molecule has 0 spiro atoms. The zero-order valence-electron chi connectivity index (χ0n) is 10.7. The van der Waals surface area contributed by atoms with Crippen LogP contribution in [-0.4, -0.2) is 35.6 Å². The molecule has 1 N–H and O–H groups in total. The second-order valence-electron chi connectivity index (χ2n) is 4.83. The molecule has 17 heavy (non-hydrogen) atoms. The summed E-state index contributed by atoms with van der Waals surface area (Å²) in [6.07, 6.45) is 7.12. The standard InChI is InChI=1S/C14H23N3/c1-2-13(12-17-10-6-3-7-11-17)16-14-8-4-5-9-15-14/h4-5,8-9,13H,2-3,6-7,10-12H2,1H3,(H,15,16). The summed E-state index contributed by atoms with van der Waals surface area (Å²) < 4.78 is 0. The third-order valence-corrected chi connectivity index (χ3v) is 3.44. The van der Waals surface area contributed by atoms with E-state index in [1.165, 1.54) is 32.4 Å². The molecule has 0 saturated carbocycles. The first-order chi connectivity index (χ1) is 8.38. The Balaban J connectivity index is 1.83. The zero-order chi connectivity index (χ0) is 11.9. The average molecular weight is 233 g/mol. The Kier molecular flexibility index (Phi) is 4.80. The van der Waals surface area contributed by atoms with Gasteiger partial charge in [0.25, 0.3) is 0 Å². The molecule has 1 saturated heterocycles. The number of nitrogens with zero attached hydrogens (tertiary/aromatic N) is 2. The highest BCUT2D eigenvalue weighted by molar-refractivity contribution is 5.34. The molecule has 0 amide bonds. The lowest BCUT2D eigenvalue weighted by Gasteiger charge is -2.30. The Morgan fingerprint density at radius 3 is 2.76 bits per heavy atom. The number of hydrogen-bond donors (Lipinski definition) is 1. The van der Waals surface area contributed by atoms with Crippen molar-refractivity contribution in [3.63, 3.8) is 0 Å². The third-order valence-electron chi connectivity index (χ3n) is 3.44. The van der Waals surface area contributed by atoms with Crippen LogP contribution in [0, 0.1) is 0 Å². The van der Waals surface area contributed by atoms with E-state index in [-0.39, 0.29) is 0 Å². The van der Waals surface area contributed by atoms with Crippen molar-refractivity contribution < 1.29 is 0 Å². The van der Waals surface area contributed by atoms with Gasteiger partial charge in [-0.25, -0.2) is 4.98 Å². The van der Waals surface area contributed by atoms with E-state index in [1.54, 1.807) is 0 Å². The van der Waals surface area contributed by atoms with Gasteiger partial charge in [0, 0.05) is 18.8 Å². The number of aromatic nitrogens is 1. The van der Waals surface area contributed by atoms with Crippen molar-refractivity contribution in [2.45, 2.75) is 38.6 Å². The van der Waals surface area contributed by atoms with Crippen molar-refractivity contribution in [3.05, 3.63) is 24.4 Å². The minimum atomic E-state index is 0.517. The summed E-state index contributed by atoms with van der Waals surface area (Å²) in [5.74, 6) is 0.997. The summed E-state index contributed by atoms with van der Waals surface area (Å²) in [5, 5.41) is 3.52. The fourth-order valence-corrected chi connectivity index (χ4v) is 2.39. The van der Waals surface area contributed by atoms with E-state index in [4.69, 9.17) is 0 Å². The Bertz CT molecular complexity index is 307. The summed E-state index contributed by atoms with van der Waals surface area (Å²) in [6.45, 7) is 5.92. The maximum Gasteiger partial charge on any atom is 0.126 e. The van der Waals surface area contributed by atoms with Crippen molar-refractivity contribution in [2.75, 3.05) is 25.0 Å². The molecule has 1 fully saturated rings. The van der Waals surface area contributed by atoms with Crippen LogP contribution in [0.15, 0.2) is 24.4 Å². The maximum absolute atomic E-state index is 4.33. The van der Waals surface area contributed by atoms with E-state index in [1.807, 2.05) is 24.4 Å². The zero-order valence-corrected chi connectivity index (χ0v) is 10.7. The monoisotopic (exact) mass is 233 g/mol. The van der Waals surface area contributed by atoms with Gasteiger partial charge in [-0.15, -0.1) is 0 Å². The molecule has 2 rings (SSSR count). The summed E-state index contributed by atoms with van der Waals surface area (Å²) in [4.78, 5) is 6.91. The molecule has 3 heteroatoms. The molecular formula is C14H23N3. The van der Waals surface area contributed by atoms with Crippen LogP contribution >= 0.6 is 0 Å². The normalized spacial score (nSPS) is 18.9. The van der Waals surface area contributed by atoms with Crippen LogP contribution in [0.3, 0.4) is 0 Å².